The number of halogens is 4. The molecule has 0 radical (unpaired) electrons. The average molecular weight is 339 g/mol. The van der Waals surface area contributed by atoms with Crippen LogP contribution in [-0.2, 0) is 11.0 Å². The predicted molar refractivity (Wildman–Crippen MR) is 70.9 cm³/mol. The van der Waals surface area contributed by atoms with Crippen LogP contribution >= 0.6 is 15.9 Å². The molecule has 0 saturated heterocycles. The Labute approximate surface area is 117 Å². The Morgan fingerprint density at radius 3 is 2.63 bits per heavy atom. The highest BCUT2D eigenvalue weighted by molar-refractivity contribution is 9.10. The number of hydrogen-bond acceptors (Lipinski definition) is 2. The Morgan fingerprint density at radius 1 is 1.37 bits per heavy atom. The molecule has 3 nitrogen and oxygen atoms in total. The van der Waals surface area contributed by atoms with Gasteiger partial charge in [0, 0.05) is 4.47 Å². The van der Waals surface area contributed by atoms with Crippen LogP contribution in [0.4, 0.5) is 18.9 Å². The van der Waals surface area contributed by atoms with Crippen LogP contribution in [0.3, 0.4) is 0 Å². The fourth-order valence-corrected chi connectivity index (χ4v) is 1.79. The van der Waals surface area contributed by atoms with Gasteiger partial charge in [-0.15, -0.1) is 0 Å². The zero-order valence-corrected chi connectivity index (χ0v) is 11.9. The molecule has 0 bridgehead atoms. The average Bonchev–Trinajstić information content (AvgIpc) is 2.30. The van der Waals surface area contributed by atoms with Gasteiger partial charge in [0.1, 0.15) is 0 Å². The van der Waals surface area contributed by atoms with E-state index in [9.17, 15) is 18.0 Å². The predicted octanol–water partition coefficient (Wildman–Crippen LogP) is 3.41. The van der Waals surface area contributed by atoms with Crippen molar-refractivity contribution >= 4 is 27.5 Å². The van der Waals surface area contributed by atoms with E-state index in [1.165, 1.54) is 12.1 Å². The van der Waals surface area contributed by atoms with Crippen LogP contribution < -0.4 is 10.6 Å². The fraction of sp³-hybridized carbons (Fsp3) is 0.417. The van der Waals surface area contributed by atoms with Crippen molar-refractivity contribution in [1.82, 2.24) is 5.32 Å². The smallest absolute Gasteiger partial charge is 0.324 e. The maximum absolute atomic E-state index is 12.8. The third-order valence-corrected chi connectivity index (χ3v) is 2.77. The van der Waals surface area contributed by atoms with Gasteiger partial charge in [-0.25, -0.2) is 0 Å². The van der Waals surface area contributed by atoms with E-state index in [0.717, 1.165) is 12.5 Å². The Kier molecular flexibility index (Phi) is 5.81. The Balaban J connectivity index is 2.80. The maximum Gasteiger partial charge on any atom is 0.418 e. The monoisotopic (exact) mass is 338 g/mol. The molecule has 0 atom stereocenters. The van der Waals surface area contributed by atoms with E-state index in [1.807, 2.05) is 6.92 Å². The lowest BCUT2D eigenvalue weighted by molar-refractivity contribution is -0.137. The number of carbonyl (C=O) groups excluding carboxylic acids is 1. The molecule has 106 valence electrons. The first-order chi connectivity index (χ1) is 8.84. The van der Waals surface area contributed by atoms with Gasteiger partial charge in [-0.2, -0.15) is 13.2 Å². The fourth-order valence-electron chi connectivity index (χ4n) is 1.43. The standard InChI is InChI=1S/C12H14BrF3N2O/c1-2-5-17-7-11(19)18-10-4-3-8(13)6-9(10)12(14,15)16/h3-4,6,17H,2,5,7H2,1H3,(H,18,19). The lowest BCUT2D eigenvalue weighted by Gasteiger charge is -2.14. The third kappa shape index (κ3) is 5.20. The summed E-state index contributed by atoms with van der Waals surface area (Å²) < 4.78 is 38.7. The molecule has 0 aliphatic heterocycles. The van der Waals surface area contributed by atoms with Gasteiger partial charge >= 0.3 is 6.18 Å². The second-order valence-electron chi connectivity index (χ2n) is 3.91. The molecule has 7 heteroatoms. The number of carbonyl (C=O) groups is 1. The Hall–Kier alpha value is -1.08. The van der Waals surface area contributed by atoms with Crippen LogP contribution in [0, 0.1) is 0 Å². The summed E-state index contributed by atoms with van der Waals surface area (Å²) in [5, 5.41) is 5.08. The van der Waals surface area contributed by atoms with E-state index in [1.54, 1.807) is 0 Å². The number of rotatable bonds is 5. The summed E-state index contributed by atoms with van der Waals surface area (Å²) in [7, 11) is 0. The summed E-state index contributed by atoms with van der Waals surface area (Å²) in [5.41, 5.74) is -1.11. The van der Waals surface area contributed by atoms with Gasteiger partial charge in [-0.3, -0.25) is 4.79 Å². The molecular weight excluding hydrogens is 325 g/mol. The molecule has 0 aliphatic carbocycles. The molecule has 0 heterocycles. The first kappa shape index (κ1) is 16.0. The summed E-state index contributed by atoms with van der Waals surface area (Å²) in [4.78, 5) is 11.5. The van der Waals surface area contributed by atoms with Crippen LogP contribution in [0.25, 0.3) is 0 Å². The molecule has 0 aromatic heterocycles. The van der Waals surface area contributed by atoms with E-state index in [-0.39, 0.29) is 12.2 Å². The van der Waals surface area contributed by atoms with Crippen molar-refractivity contribution in [2.45, 2.75) is 19.5 Å². The van der Waals surface area contributed by atoms with Gasteiger partial charge in [0.2, 0.25) is 5.91 Å². The quantitative estimate of drug-likeness (QED) is 0.808. The van der Waals surface area contributed by atoms with Gasteiger partial charge < -0.3 is 10.6 Å². The van der Waals surface area contributed by atoms with E-state index >= 15 is 0 Å². The number of amides is 1. The SMILES string of the molecule is CCCNCC(=O)Nc1ccc(Br)cc1C(F)(F)F. The van der Waals surface area contributed by atoms with Crippen molar-refractivity contribution in [3.8, 4) is 0 Å². The van der Waals surface area contributed by atoms with E-state index in [4.69, 9.17) is 0 Å². The highest BCUT2D eigenvalue weighted by Gasteiger charge is 2.34. The van der Waals surface area contributed by atoms with Crippen molar-refractivity contribution in [3.63, 3.8) is 0 Å². The van der Waals surface area contributed by atoms with Crippen LogP contribution in [0.15, 0.2) is 22.7 Å². The largest absolute Gasteiger partial charge is 0.418 e. The molecule has 1 amide bonds. The normalized spacial score (nSPS) is 11.4. The molecule has 1 aromatic rings. The Bertz CT molecular complexity index is 449. The number of hydrogen-bond donors (Lipinski definition) is 2. The molecule has 0 aliphatic rings. The van der Waals surface area contributed by atoms with Crippen molar-refractivity contribution in [1.29, 1.82) is 0 Å². The van der Waals surface area contributed by atoms with Crippen molar-refractivity contribution in [2.75, 3.05) is 18.4 Å². The molecule has 0 fully saturated rings. The van der Waals surface area contributed by atoms with E-state index in [0.29, 0.717) is 11.0 Å². The summed E-state index contributed by atoms with van der Waals surface area (Å²) in [5.74, 6) is -0.499. The molecule has 0 spiro atoms. The van der Waals surface area contributed by atoms with Gasteiger partial charge in [0.25, 0.3) is 0 Å². The number of alkyl halides is 3. The highest BCUT2D eigenvalue weighted by Crippen LogP contribution is 2.36. The molecule has 19 heavy (non-hydrogen) atoms. The second-order valence-corrected chi connectivity index (χ2v) is 4.83. The first-order valence-electron chi connectivity index (χ1n) is 5.72. The molecule has 2 N–H and O–H groups in total. The van der Waals surface area contributed by atoms with Crippen molar-refractivity contribution in [3.05, 3.63) is 28.2 Å². The minimum absolute atomic E-state index is 0.0127. The molecular formula is C12H14BrF3N2O. The maximum atomic E-state index is 12.8. The molecule has 0 unspecified atom stereocenters. The summed E-state index contributed by atoms with van der Waals surface area (Å²) in [6.07, 6.45) is -3.66. The number of nitrogens with one attached hydrogen (secondary N) is 2. The zero-order valence-electron chi connectivity index (χ0n) is 10.3. The summed E-state index contributed by atoms with van der Waals surface area (Å²) in [6, 6.07) is 3.62. The van der Waals surface area contributed by atoms with E-state index < -0.39 is 17.6 Å². The van der Waals surface area contributed by atoms with Crippen LogP contribution in [0.1, 0.15) is 18.9 Å². The first-order valence-corrected chi connectivity index (χ1v) is 6.51. The van der Waals surface area contributed by atoms with Crippen LogP contribution in [0.2, 0.25) is 0 Å². The van der Waals surface area contributed by atoms with Crippen LogP contribution in [-0.4, -0.2) is 19.0 Å². The van der Waals surface area contributed by atoms with Gasteiger partial charge in [-0.1, -0.05) is 22.9 Å². The van der Waals surface area contributed by atoms with Crippen molar-refractivity contribution < 1.29 is 18.0 Å². The number of anilines is 1. The molecule has 0 saturated carbocycles. The van der Waals surface area contributed by atoms with E-state index in [2.05, 4.69) is 26.6 Å². The number of benzene rings is 1. The topological polar surface area (TPSA) is 41.1 Å². The minimum Gasteiger partial charge on any atom is -0.324 e. The lowest BCUT2D eigenvalue weighted by atomic mass is 10.1. The van der Waals surface area contributed by atoms with Crippen LogP contribution in [0.5, 0.6) is 0 Å². The Morgan fingerprint density at radius 2 is 2.05 bits per heavy atom. The van der Waals surface area contributed by atoms with Gasteiger partial charge in [0.05, 0.1) is 17.8 Å². The summed E-state index contributed by atoms with van der Waals surface area (Å²) in [6.45, 7) is 2.56. The molecule has 1 rings (SSSR count). The lowest BCUT2D eigenvalue weighted by Crippen LogP contribution is -2.29. The highest BCUT2D eigenvalue weighted by atomic mass is 79.9. The molecule has 1 aromatic carbocycles. The second kappa shape index (κ2) is 6.91. The third-order valence-electron chi connectivity index (χ3n) is 2.27. The summed E-state index contributed by atoms with van der Waals surface area (Å²) >= 11 is 2.98. The minimum atomic E-state index is -4.51. The zero-order chi connectivity index (χ0) is 14.5. The van der Waals surface area contributed by atoms with Gasteiger partial charge in [-0.05, 0) is 31.2 Å². The van der Waals surface area contributed by atoms with Crippen molar-refractivity contribution in [2.24, 2.45) is 0 Å². The van der Waals surface area contributed by atoms with Gasteiger partial charge in [0.15, 0.2) is 0 Å².